The summed E-state index contributed by atoms with van der Waals surface area (Å²) in [6, 6.07) is 9.39. The highest BCUT2D eigenvalue weighted by molar-refractivity contribution is 5.94. The maximum atomic E-state index is 12.8. The fraction of sp³-hybridized carbons (Fsp3) is 0.467. The second kappa shape index (κ2) is 5.53. The molecule has 5 heteroatoms. The summed E-state index contributed by atoms with van der Waals surface area (Å²) in [6.07, 6.45) is 1.62. The first-order valence-electron chi connectivity index (χ1n) is 6.82. The van der Waals surface area contributed by atoms with Crippen LogP contribution in [0.25, 0.3) is 0 Å². The summed E-state index contributed by atoms with van der Waals surface area (Å²) in [6.45, 7) is 4.47. The Kier molecular flexibility index (Phi) is 3.97. The molecule has 0 saturated carbocycles. The summed E-state index contributed by atoms with van der Waals surface area (Å²) in [4.78, 5) is 14.6. The fourth-order valence-corrected chi connectivity index (χ4v) is 2.72. The van der Waals surface area contributed by atoms with E-state index in [-0.39, 0.29) is 17.8 Å². The van der Waals surface area contributed by atoms with Gasteiger partial charge in [-0.1, -0.05) is 35.5 Å². The number of likely N-dealkylation sites (tertiary alicyclic amines) is 1. The van der Waals surface area contributed by atoms with Crippen LogP contribution in [0.2, 0.25) is 0 Å². The molecule has 1 atom stereocenters. The van der Waals surface area contributed by atoms with Crippen molar-refractivity contribution in [2.24, 2.45) is 10.9 Å². The van der Waals surface area contributed by atoms with Gasteiger partial charge in [0, 0.05) is 6.54 Å². The van der Waals surface area contributed by atoms with Gasteiger partial charge in [0.1, 0.15) is 0 Å². The van der Waals surface area contributed by atoms with Gasteiger partial charge in [0.25, 0.3) is 0 Å². The van der Waals surface area contributed by atoms with Crippen LogP contribution in [0.1, 0.15) is 32.3 Å². The zero-order valence-corrected chi connectivity index (χ0v) is 11.9. The summed E-state index contributed by atoms with van der Waals surface area (Å²) in [5.74, 6) is 0.123. The number of hydrogen-bond donors (Lipinski definition) is 2. The summed E-state index contributed by atoms with van der Waals surface area (Å²) in [5, 5.41) is 11.9. The monoisotopic (exact) mass is 275 g/mol. The quantitative estimate of drug-likeness (QED) is 0.381. The van der Waals surface area contributed by atoms with Gasteiger partial charge in [0.15, 0.2) is 5.84 Å². The van der Waals surface area contributed by atoms with E-state index in [9.17, 15) is 4.79 Å². The molecule has 1 fully saturated rings. The molecule has 0 radical (unpaired) electrons. The first kappa shape index (κ1) is 14.4. The molecule has 0 spiro atoms. The van der Waals surface area contributed by atoms with E-state index in [1.54, 1.807) is 4.90 Å². The number of nitrogens with zero attached hydrogens (tertiary/aromatic N) is 2. The van der Waals surface area contributed by atoms with E-state index < -0.39 is 5.41 Å². The molecule has 1 amide bonds. The van der Waals surface area contributed by atoms with Crippen molar-refractivity contribution in [2.75, 3.05) is 6.54 Å². The maximum Gasteiger partial charge on any atom is 0.233 e. The van der Waals surface area contributed by atoms with E-state index in [1.807, 2.05) is 44.2 Å². The first-order chi connectivity index (χ1) is 9.48. The van der Waals surface area contributed by atoms with Crippen molar-refractivity contribution < 1.29 is 10.0 Å². The number of nitrogens with two attached hydrogens (primary N) is 1. The normalized spacial score (nSPS) is 20.2. The minimum atomic E-state index is -0.625. The van der Waals surface area contributed by atoms with E-state index in [0.29, 0.717) is 6.54 Å². The average molecular weight is 275 g/mol. The van der Waals surface area contributed by atoms with Crippen molar-refractivity contribution in [1.82, 2.24) is 4.90 Å². The first-order valence-corrected chi connectivity index (χ1v) is 6.82. The van der Waals surface area contributed by atoms with E-state index >= 15 is 0 Å². The SMILES string of the molecule is CC(C)(C(=O)N1CCCC1C(N)=NO)c1ccccc1. The molecular weight excluding hydrogens is 254 g/mol. The topological polar surface area (TPSA) is 78.9 Å². The van der Waals surface area contributed by atoms with E-state index in [1.165, 1.54) is 0 Å². The Labute approximate surface area is 119 Å². The molecule has 20 heavy (non-hydrogen) atoms. The van der Waals surface area contributed by atoms with Gasteiger partial charge in [0.2, 0.25) is 5.91 Å². The van der Waals surface area contributed by atoms with Gasteiger partial charge < -0.3 is 15.8 Å². The van der Waals surface area contributed by atoms with Gasteiger partial charge in [-0.2, -0.15) is 0 Å². The Balaban J connectivity index is 2.26. The molecule has 1 heterocycles. The predicted molar refractivity (Wildman–Crippen MR) is 77.6 cm³/mol. The van der Waals surface area contributed by atoms with E-state index in [2.05, 4.69) is 5.16 Å². The van der Waals surface area contributed by atoms with Crippen molar-refractivity contribution in [3.8, 4) is 0 Å². The van der Waals surface area contributed by atoms with Crippen LogP contribution in [0, 0.1) is 0 Å². The van der Waals surface area contributed by atoms with Gasteiger partial charge in [-0.25, -0.2) is 0 Å². The Hall–Kier alpha value is -2.04. The molecule has 1 unspecified atom stereocenters. The van der Waals surface area contributed by atoms with Gasteiger partial charge in [-0.3, -0.25) is 4.79 Å². The number of carbonyl (C=O) groups is 1. The molecule has 0 aromatic heterocycles. The highest BCUT2D eigenvalue weighted by Crippen LogP contribution is 2.29. The summed E-state index contributed by atoms with van der Waals surface area (Å²) >= 11 is 0. The number of amidine groups is 1. The van der Waals surface area contributed by atoms with Gasteiger partial charge >= 0.3 is 0 Å². The van der Waals surface area contributed by atoms with Crippen molar-refractivity contribution in [3.63, 3.8) is 0 Å². The highest BCUT2D eigenvalue weighted by Gasteiger charge is 2.40. The summed E-state index contributed by atoms with van der Waals surface area (Å²) in [7, 11) is 0. The zero-order chi connectivity index (χ0) is 14.8. The lowest BCUT2D eigenvalue weighted by Gasteiger charge is -2.33. The van der Waals surface area contributed by atoms with Crippen LogP contribution in [0.15, 0.2) is 35.5 Å². The van der Waals surface area contributed by atoms with Gasteiger partial charge in [-0.15, -0.1) is 0 Å². The van der Waals surface area contributed by atoms with Crippen molar-refractivity contribution in [2.45, 2.75) is 38.1 Å². The number of oxime groups is 1. The van der Waals surface area contributed by atoms with Crippen LogP contribution < -0.4 is 5.73 Å². The number of benzene rings is 1. The summed E-state index contributed by atoms with van der Waals surface area (Å²) in [5.41, 5.74) is 6.04. The lowest BCUT2D eigenvalue weighted by atomic mass is 9.83. The Bertz CT molecular complexity index is 511. The van der Waals surface area contributed by atoms with E-state index in [0.717, 1.165) is 18.4 Å². The maximum absolute atomic E-state index is 12.8. The van der Waals surface area contributed by atoms with Crippen molar-refractivity contribution in [3.05, 3.63) is 35.9 Å². The molecule has 1 aliphatic rings. The second-order valence-corrected chi connectivity index (χ2v) is 5.67. The summed E-state index contributed by atoms with van der Waals surface area (Å²) < 4.78 is 0. The largest absolute Gasteiger partial charge is 0.409 e. The molecule has 0 bridgehead atoms. The molecule has 1 aromatic rings. The lowest BCUT2D eigenvalue weighted by Crippen LogP contribution is -2.50. The van der Waals surface area contributed by atoms with Crippen molar-refractivity contribution in [1.29, 1.82) is 0 Å². The molecular formula is C15H21N3O2. The number of amides is 1. The van der Waals surface area contributed by atoms with Crippen molar-refractivity contribution >= 4 is 11.7 Å². The smallest absolute Gasteiger partial charge is 0.233 e. The number of rotatable bonds is 3. The van der Waals surface area contributed by atoms with Crippen LogP contribution in [0.4, 0.5) is 0 Å². The molecule has 3 N–H and O–H groups in total. The third-order valence-electron chi connectivity index (χ3n) is 4.00. The minimum absolute atomic E-state index is 0.0119. The highest BCUT2D eigenvalue weighted by atomic mass is 16.4. The van der Waals surface area contributed by atoms with Crippen LogP contribution in [-0.4, -0.2) is 34.4 Å². The molecule has 1 saturated heterocycles. The van der Waals surface area contributed by atoms with E-state index in [4.69, 9.17) is 10.9 Å². The molecule has 1 aliphatic heterocycles. The minimum Gasteiger partial charge on any atom is -0.409 e. The van der Waals surface area contributed by atoms with Crippen LogP contribution in [-0.2, 0) is 10.2 Å². The van der Waals surface area contributed by atoms with Gasteiger partial charge in [0.05, 0.1) is 11.5 Å². The fourth-order valence-electron chi connectivity index (χ4n) is 2.72. The van der Waals surface area contributed by atoms with Crippen LogP contribution in [0.3, 0.4) is 0 Å². The number of carbonyl (C=O) groups excluding carboxylic acids is 1. The average Bonchev–Trinajstić information content (AvgIpc) is 2.95. The predicted octanol–water partition coefficient (Wildman–Crippen LogP) is 1.70. The zero-order valence-electron chi connectivity index (χ0n) is 11.9. The van der Waals surface area contributed by atoms with Gasteiger partial charge in [-0.05, 0) is 32.3 Å². The Morgan fingerprint density at radius 3 is 2.65 bits per heavy atom. The molecule has 5 nitrogen and oxygen atoms in total. The Morgan fingerprint density at radius 2 is 2.05 bits per heavy atom. The molecule has 108 valence electrons. The third-order valence-corrected chi connectivity index (χ3v) is 4.00. The van der Waals surface area contributed by atoms with Crippen LogP contribution in [0.5, 0.6) is 0 Å². The standard InChI is InChI=1S/C15H21N3O2/c1-15(2,11-7-4-3-5-8-11)14(19)18-10-6-9-12(18)13(16)17-20/h3-5,7-8,12,20H,6,9-10H2,1-2H3,(H2,16,17). The number of hydrogen-bond acceptors (Lipinski definition) is 3. The second-order valence-electron chi connectivity index (χ2n) is 5.67. The molecule has 0 aliphatic carbocycles. The lowest BCUT2D eigenvalue weighted by molar-refractivity contribution is -0.136. The third kappa shape index (κ3) is 2.48. The Morgan fingerprint density at radius 1 is 1.40 bits per heavy atom. The van der Waals surface area contributed by atoms with Crippen LogP contribution >= 0.6 is 0 Å². The molecule has 2 rings (SSSR count). The molecule has 1 aromatic carbocycles.